The van der Waals surface area contributed by atoms with Gasteiger partial charge in [0.25, 0.3) is 5.56 Å². The van der Waals surface area contributed by atoms with Crippen molar-refractivity contribution >= 4 is 40.1 Å². The van der Waals surface area contributed by atoms with Crippen molar-refractivity contribution in [3.63, 3.8) is 0 Å². The summed E-state index contributed by atoms with van der Waals surface area (Å²) in [6.07, 6.45) is 0. The van der Waals surface area contributed by atoms with Gasteiger partial charge in [0.05, 0.1) is 34.8 Å². The fourth-order valence-corrected chi connectivity index (χ4v) is 4.05. The van der Waals surface area contributed by atoms with Gasteiger partial charge < -0.3 is 21.5 Å². The van der Waals surface area contributed by atoms with Crippen molar-refractivity contribution < 1.29 is 9.13 Å². The normalized spacial score (nSPS) is 11.8. The minimum absolute atomic E-state index is 0.0209. The first kappa shape index (κ1) is 23.7. The maximum Gasteiger partial charge on any atom is 0.267 e. The molecule has 0 radical (unpaired) electrons. The second-order valence-electron chi connectivity index (χ2n) is 7.67. The Balaban J connectivity index is 2.02. The first-order chi connectivity index (χ1) is 16.7. The van der Waals surface area contributed by atoms with Crippen LogP contribution in [0.15, 0.2) is 35.1 Å². The Kier molecular flexibility index (Phi) is 6.15. The molecule has 0 amide bonds. The molecule has 178 valence electrons. The Morgan fingerprint density at radius 1 is 1.26 bits per heavy atom. The first-order valence-corrected chi connectivity index (χ1v) is 10.7. The van der Waals surface area contributed by atoms with Gasteiger partial charge in [-0.3, -0.25) is 9.36 Å². The van der Waals surface area contributed by atoms with Crippen LogP contribution < -0.4 is 27.1 Å². The smallest absolute Gasteiger partial charge is 0.267 e. The summed E-state index contributed by atoms with van der Waals surface area (Å²) < 4.78 is 21.1. The number of nitrogens with one attached hydrogen (secondary N) is 1. The lowest BCUT2D eigenvalue weighted by Gasteiger charge is -2.22. The van der Waals surface area contributed by atoms with Crippen molar-refractivity contribution in [2.24, 2.45) is 0 Å². The van der Waals surface area contributed by atoms with E-state index < -0.39 is 17.4 Å². The Morgan fingerprint density at radius 3 is 2.69 bits per heavy atom. The van der Waals surface area contributed by atoms with Gasteiger partial charge in [-0.05, 0) is 32.0 Å². The maximum absolute atomic E-state index is 14.5. The Bertz CT molecular complexity index is 1580. The molecule has 0 saturated carbocycles. The summed E-state index contributed by atoms with van der Waals surface area (Å²) in [7, 11) is 1.41. The number of nitrogen functional groups attached to an aromatic ring is 2. The molecule has 2 aromatic heterocycles. The van der Waals surface area contributed by atoms with Crippen LogP contribution in [0.3, 0.4) is 0 Å². The van der Waals surface area contributed by atoms with Gasteiger partial charge in [-0.2, -0.15) is 15.2 Å². The molecule has 4 rings (SSSR count). The van der Waals surface area contributed by atoms with Gasteiger partial charge in [-0.25, -0.2) is 9.37 Å². The van der Waals surface area contributed by atoms with Crippen LogP contribution in [0.25, 0.3) is 16.6 Å². The average molecular weight is 495 g/mol. The molecule has 12 heteroatoms. The molecule has 1 atom stereocenters. The van der Waals surface area contributed by atoms with Crippen molar-refractivity contribution in [3.05, 3.63) is 68.5 Å². The number of ether oxygens (including phenoxy) is 1. The molecule has 35 heavy (non-hydrogen) atoms. The molecule has 0 aliphatic heterocycles. The van der Waals surface area contributed by atoms with Crippen LogP contribution in [0.4, 0.5) is 22.0 Å². The van der Waals surface area contributed by atoms with Crippen molar-refractivity contribution in [3.8, 4) is 17.5 Å². The molecule has 0 aliphatic carbocycles. The molecule has 0 fully saturated rings. The Morgan fingerprint density at radius 2 is 2.00 bits per heavy atom. The largest absolute Gasteiger partial charge is 0.496 e. The quantitative estimate of drug-likeness (QED) is 0.377. The number of anilines is 3. The van der Waals surface area contributed by atoms with Crippen LogP contribution in [0, 0.1) is 24.1 Å². The summed E-state index contributed by atoms with van der Waals surface area (Å²) in [4.78, 5) is 26.3. The van der Waals surface area contributed by atoms with E-state index in [1.54, 1.807) is 32.0 Å². The number of nitriles is 1. The fourth-order valence-electron chi connectivity index (χ4n) is 3.80. The number of benzene rings is 2. The summed E-state index contributed by atoms with van der Waals surface area (Å²) in [6.45, 7) is 3.38. The predicted molar refractivity (Wildman–Crippen MR) is 131 cm³/mol. The van der Waals surface area contributed by atoms with Gasteiger partial charge in [0.2, 0.25) is 5.95 Å². The van der Waals surface area contributed by atoms with Gasteiger partial charge in [0.1, 0.15) is 34.8 Å². The lowest BCUT2D eigenvalue weighted by Crippen LogP contribution is -2.28. The van der Waals surface area contributed by atoms with Crippen LogP contribution in [0.2, 0.25) is 5.02 Å². The molecular weight excluding hydrogens is 475 g/mol. The SMILES string of the molecule is COc1cc(F)cc(-n2c([C@H](C)Nc3nc(N)nc(N)c3C#N)nc3cccc(Cl)c3c2=O)c1C. The predicted octanol–water partition coefficient (Wildman–Crippen LogP) is 3.49. The maximum atomic E-state index is 14.5. The molecule has 0 unspecified atom stereocenters. The molecule has 0 spiro atoms. The number of aromatic nitrogens is 4. The highest BCUT2D eigenvalue weighted by Gasteiger charge is 2.23. The molecule has 4 aromatic rings. The van der Waals surface area contributed by atoms with E-state index in [1.165, 1.54) is 23.8 Å². The molecule has 0 aliphatic rings. The molecule has 2 aromatic carbocycles. The van der Waals surface area contributed by atoms with Crippen LogP contribution in [-0.2, 0) is 0 Å². The number of halogens is 2. The second-order valence-corrected chi connectivity index (χ2v) is 8.07. The zero-order valence-electron chi connectivity index (χ0n) is 18.9. The fraction of sp³-hybridized carbons (Fsp3) is 0.174. The highest BCUT2D eigenvalue weighted by molar-refractivity contribution is 6.35. The number of methoxy groups -OCH3 is 1. The van der Waals surface area contributed by atoms with E-state index in [2.05, 4.69) is 20.3 Å². The second kappa shape index (κ2) is 9.08. The summed E-state index contributed by atoms with van der Waals surface area (Å²) in [6, 6.07) is 8.51. The van der Waals surface area contributed by atoms with E-state index in [0.717, 1.165) is 0 Å². The molecule has 2 heterocycles. The van der Waals surface area contributed by atoms with E-state index in [-0.39, 0.29) is 50.8 Å². The molecule has 0 bridgehead atoms. The Labute approximate surface area is 204 Å². The highest BCUT2D eigenvalue weighted by atomic mass is 35.5. The number of hydrogen-bond donors (Lipinski definition) is 3. The standard InChI is InChI=1S/C23H20ClFN8O2/c1-10-16(7-12(25)8-17(10)35-3)33-21(30-15-6-4-5-14(24)18(15)22(33)34)11(2)29-20-13(9-26)19(27)31-23(28)32-20/h4-8,11H,1-3H3,(H5,27,28,29,31,32)/t11-/m0/s1. The van der Waals surface area contributed by atoms with E-state index in [4.69, 9.17) is 27.8 Å². The van der Waals surface area contributed by atoms with Crippen LogP contribution in [0.5, 0.6) is 5.75 Å². The van der Waals surface area contributed by atoms with Crippen molar-refractivity contribution in [2.75, 3.05) is 23.9 Å². The Hall–Kier alpha value is -4.43. The first-order valence-electron chi connectivity index (χ1n) is 10.3. The number of nitrogens with two attached hydrogens (primary N) is 2. The lowest BCUT2D eigenvalue weighted by molar-refractivity contribution is 0.407. The van der Waals surface area contributed by atoms with Gasteiger partial charge in [-0.1, -0.05) is 17.7 Å². The third-order valence-electron chi connectivity index (χ3n) is 5.44. The molecule has 10 nitrogen and oxygen atoms in total. The van der Waals surface area contributed by atoms with E-state index >= 15 is 0 Å². The molecular formula is C23H20ClFN8O2. The van der Waals surface area contributed by atoms with Gasteiger partial charge in [-0.15, -0.1) is 0 Å². The number of fused-ring (bicyclic) bond motifs is 1. The average Bonchev–Trinajstić information content (AvgIpc) is 2.80. The van der Waals surface area contributed by atoms with Crippen LogP contribution >= 0.6 is 11.6 Å². The highest BCUT2D eigenvalue weighted by Crippen LogP contribution is 2.30. The van der Waals surface area contributed by atoms with Gasteiger partial charge in [0, 0.05) is 11.6 Å². The van der Waals surface area contributed by atoms with E-state index in [0.29, 0.717) is 11.1 Å². The van der Waals surface area contributed by atoms with Crippen LogP contribution in [0.1, 0.15) is 29.9 Å². The zero-order valence-corrected chi connectivity index (χ0v) is 19.7. The number of hydrogen-bond acceptors (Lipinski definition) is 9. The minimum Gasteiger partial charge on any atom is -0.496 e. The van der Waals surface area contributed by atoms with E-state index in [1.807, 2.05) is 6.07 Å². The topological polar surface area (TPSA) is 158 Å². The number of rotatable bonds is 5. The number of nitrogens with zero attached hydrogens (tertiary/aromatic N) is 5. The monoisotopic (exact) mass is 494 g/mol. The lowest BCUT2D eigenvalue weighted by atomic mass is 10.1. The van der Waals surface area contributed by atoms with Gasteiger partial charge in [0.15, 0.2) is 5.82 Å². The van der Waals surface area contributed by atoms with Crippen molar-refractivity contribution in [1.82, 2.24) is 19.5 Å². The van der Waals surface area contributed by atoms with Gasteiger partial charge >= 0.3 is 0 Å². The summed E-state index contributed by atoms with van der Waals surface area (Å²) >= 11 is 6.34. The third-order valence-corrected chi connectivity index (χ3v) is 5.75. The summed E-state index contributed by atoms with van der Waals surface area (Å²) in [5, 5.41) is 12.9. The molecule has 0 saturated heterocycles. The third kappa shape index (κ3) is 4.15. The summed E-state index contributed by atoms with van der Waals surface area (Å²) in [5.41, 5.74) is 12.1. The van der Waals surface area contributed by atoms with Crippen molar-refractivity contribution in [1.29, 1.82) is 5.26 Å². The molecule has 5 N–H and O–H groups in total. The van der Waals surface area contributed by atoms with E-state index in [9.17, 15) is 14.4 Å². The zero-order chi connectivity index (χ0) is 25.4. The van der Waals surface area contributed by atoms with Crippen molar-refractivity contribution in [2.45, 2.75) is 19.9 Å². The van der Waals surface area contributed by atoms with Crippen LogP contribution in [-0.4, -0.2) is 26.6 Å². The summed E-state index contributed by atoms with van der Waals surface area (Å²) in [5.74, 6) is -0.344. The minimum atomic E-state index is -0.736.